The molecule has 0 saturated heterocycles. The summed E-state index contributed by atoms with van der Waals surface area (Å²) in [6.07, 6.45) is 0. The van der Waals surface area contributed by atoms with E-state index in [1.165, 1.54) is 11.1 Å². The van der Waals surface area contributed by atoms with E-state index in [2.05, 4.69) is 33.4 Å². The molecule has 3 N–H and O–H groups in total. The zero-order chi connectivity index (χ0) is 12.3. The lowest BCUT2D eigenvalue weighted by molar-refractivity contribution is 0.676. The van der Waals surface area contributed by atoms with E-state index in [0.29, 0.717) is 0 Å². The Morgan fingerprint density at radius 2 is 2.18 bits per heavy atom. The smallest absolute Gasteiger partial charge is 0.109 e. The zero-order valence-electron chi connectivity index (χ0n) is 10.1. The number of rotatable bonds is 5. The largest absolute Gasteiger partial charge is 0.322 e. The van der Waals surface area contributed by atoms with Gasteiger partial charge in [-0.15, -0.1) is 11.3 Å². The van der Waals surface area contributed by atoms with Crippen molar-refractivity contribution in [3.8, 4) is 0 Å². The van der Waals surface area contributed by atoms with Crippen LogP contribution in [0.5, 0.6) is 0 Å². The number of hydrogen-bond donors (Lipinski definition) is 2. The van der Waals surface area contributed by atoms with Crippen molar-refractivity contribution in [2.45, 2.75) is 33.0 Å². The predicted molar refractivity (Wildman–Crippen MR) is 74.3 cm³/mol. The lowest BCUT2D eigenvalue weighted by Crippen LogP contribution is -2.13. The summed E-state index contributed by atoms with van der Waals surface area (Å²) in [5.41, 5.74) is 9.59. The van der Waals surface area contributed by atoms with Crippen LogP contribution in [0.15, 0.2) is 16.1 Å². The van der Waals surface area contributed by atoms with E-state index in [-0.39, 0.29) is 6.04 Å². The molecule has 0 aromatic carbocycles. The van der Waals surface area contributed by atoms with Gasteiger partial charge in [-0.25, -0.2) is 4.98 Å². The van der Waals surface area contributed by atoms with E-state index in [4.69, 9.17) is 5.73 Å². The van der Waals surface area contributed by atoms with Gasteiger partial charge in [-0.2, -0.15) is 11.3 Å². The van der Waals surface area contributed by atoms with Gasteiger partial charge in [0.05, 0.1) is 11.7 Å². The van der Waals surface area contributed by atoms with Gasteiger partial charge in [0.15, 0.2) is 0 Å². The summed E-state index contributed by atoms with van der Waals surface area (Å²) in [5.74, 6) is 0. The average molecular weight is 267 g/mol. The average Bonchev–Trinajstić information content (AvgIpc) is 2.89. The maximum atomic E-state index is 5.78. The molecule has 2 aromatic heterocycles. The van der Waals surface area contributed by atoms with Gasteiger partial charge in [-0.1, -0.05) is 0 Å². The van der Waals surface area contributed by atoms with Crippen molar-refractivity contribution in [2.24, 2.45) is 5.73 Å². The first kappa shape index (κ1) is 12.7. The highest BCUT2D eigenvalue weighted by Crippen LogP contribution is 2.16. The lowest BCUT2D eigenvalue weighted by Gasteiger charge is -2.02. The van der Waals surface area contributed by atoms with Crippen molar-refractivity contribution in [1.29, 1.82) is 0 Å². The number of nitrogens with one attached hydrogen (secondary N) is 1. The van der Waals surface area contributed by atoms with Crippen molar-refractivity contribution in [3.63, 3.8) is 0 Å². The second-order valence-electron chi connectivity index (χ2n) is 4.15. The monoisotopic (exact) mass is 267 g/mol. The van der Waals surface area contributed by atoms with E-state index in [0.717, 1.165) is 23.8 Å². The van der Waals surface area contributed by atoms with Crippen LogP contribution in [0.4, 0.5) is 0 Å². The number of thiazole rings is 1. The van der Waals surface area contributed by atoms with Gasteiger partial charge < -0.3 is 11.1 Å². The molecule has 1 atom stereocenters. The molecule has 0 radical (unpaired) electrons. The molecule has 92 valence electrons. The summed E-state index contributed by atoms with van der Waals surface area (Å²) < 4.78 is 0. The summed E-state index contributed by atoms with van der Waals surface area (Å²) >= 11 is 3.39. The summed E-state index contributed by atoms with van der Waals surface area (Å²) in [7, 11) is 0. The van der Waals surface area contributed by atoms with Crippen LogP contribution in [0.2, 0.25) is 0 Å². The van der Waals surface area contributed by atoms with Gasteiger partial charge in [0, 0.05) is 18.5 Å². The van der Waals surface area contributed by atoms with Gasteiger partial charge in [-0.05, 0) is 35.7 Å². The van der Waals surface area contributed by atoms with Gasteiger partial charge in [0.25, 0.3) is 0 Å². The third-order valence-corrected chi connectivity index (χ3v) is 4.55. The Hall–Kier alpha value is -0.750. The molecular weight excluding hydrogens is 250 g/mol. The van der Waals surface area contributed by atoms with E-state index in [1.54, 1.807) is 22.7 Å². The molecule has 5 heteroatoms. The first-order valence-electron chi connectivity index (χ1n) is 5.59. The van der Waals surface area contributed by atoms with Crippen molar-refractivity contribution < 1.29 is 0 Å². The third-order valence-electron chi connectivity index (χ3n) is 2.54. The topological polar surface area (TPSA) is 50.9 Å². The second-order valence-corrected chi connectivity index (χ2v) is 5.78. The van der Waals surface area contributed by atoms with Crippen LogP contribution in [-0.4, -0.2) is 4.98 Å². The summed E-state index contributed by atoms with van der Waals surface area (Å²) in [5, 5.41) is 10.9. The quantitative estimate of drug-likeness (QED) is 0.876. The van der Waals surface area contributed by atoms with Crippen LogP contribution in [0.25, 0.3) is 0 Å². The number of hydrogen-bond acceptors (Lipinski definition) is 5. The van der Waals surface area contributed by atoms with Crippen molar-refractivity contribution in [1.82, 2.24) is 10.3 Å². The fourth-order valence-electron chi connectivity index (χ4n) is 1.51. The normalized spacial score (nSPS) is 12.9. The minimum atomic E-state index is 0.0351. The van der Waals surface area contributed by atoms with E-state index in [9.17, 15) is 0 Å². The summed E-state index contributed by atoms with van der Waals surface area (Å²) in [6, 6.07) is 0.0351. The minimum absolute atomic E-state index is 0.0351. The van der Waals surface area contributed by atoms with E-state index in [1.807, 2.05) is 6.92 Å². The van der Waals surface area contributed by atoms with Crippen LogP contribution in [0.1, 0.15) is 34.8 Å². The van der Waals surface area contributed by atoms with Crippen LogP contribution >= 0.6 is 22.7 Å². The molecule has 0 bridgehead atoms. The highest BCUT2D eigenvalue weighted by Gasteiger charge is 2.06. The molecule has 2 rings (SSSR count). The maximum absolute atomic E-state index is 5.78. The molecule has 2 aromatic rings. The number of thiophene rings is 1. The highest BCUT2D eigenvalue weighted by atomic mass is 32.1. The molecule has 3 nitrogen and oxygen atoms in total. The minimum Gasteiger partial charge on any atom is -0.322 e. The zero-order valence-corrected chi connectivity index (χ0v) is 11.7. The number of nitrogens with zero attached hydrogens (tertiary/aromatic N) is 1. The Morgan fingerprint density at radius 1 is 1.35 bits per heavy atom. The van der Waals surface area contributed by atoms with Crippen LogP contribution in [0, 0.1) is 6.92 Å². The molecule has 0 aliphatic rings. The standard InChI is InChI=1S/C12H17N3S2/c1-8-5-16-6-10(8)3-14-4-11-7-17-12(15-11)9(2)13/h5-7,9,14H,3-4,13H2,1-2H3. The molecule has 0 saturated carbocycles. The Morgan fingerprint density at radius 3 is 2.76 bits per heavy atom. The number of nitrogens with two attached hydrogens (primary N) is 1. The molecule has 1 unspecified atom stereocenters. The highest BCUT2D eigenvalue weighted by molar-refractivity contribution is 7.09. The molecule has 0 aliphatic heterocycles. The molecule has 0 spiro atoms. The Labute approximate surface area is 110 Å². The van der Waals surface area contributed by atoms with Crippen LogP contribution in [-0.2, 0) is 13.1 Å². The Balaban J connectivity index is 1.84. The summed E-state index contributed by atoms with van der Waals surface area (Å²) in [6.45, 7) is 5.81. The molecule has 0 fully saturated rings. The van der Waals surface area contributed by atoms with Gasteiger partial charge in [0.1, 0.15) is 5.01 Å². The molecule has 2 heterocycles. The molecule has 0 aliphatic carbocycles. The predicted octanol–water partition coefficient (Wildman–Crippen LogP) is 2.82. The maximum Gasteiger partial charge on any atom is 0.109 e. The van der Waals surface area contributed by atoms with Crippen molar-refractivity contribution in [3.05, 3.63) is 38.0 Å². The first-order chi connectivity index (χ1) is 8.16. The van der Waals surface area contributed by atoms with Crippen LogP contribution < -0.4 is 11.1 Å². The van der Waals surface area contributed by atoms with E-state index >= 15 is 0 Å². The Bertz CT molecular complexity index is 474. The molecule has 17 heavy (non-hydrogen) atoms. The van der Waals surface area contributed by atoms with Gasteiger partial charge in [0.2, 0.25) is 0 Å². The number of aryl methyl sites for hydroxylation is 1. The lowest BCUT2D eigenvalue weighted by atomic mass is 10.2. The van der Waals surface area contributed by atoms with Gasteiger partial charge >= 0.3 is 0 Å². The van der Waals surface area contributed by atoms with Gasteiger partial charge in [-0.3, -0.25) is 0 Å². The SMILES string of the molecule is Cc1cscc1CNCc1csc(C(C)N)n1. The third kappa shape index (κ3) is 3.35. The Kier molecular flexibility index (Phi) is 4.28. The first-order valence-corrected chi connectivity index (χ1v) is 7.41. The van der Waals surface area contributed by atoms with Crippen molar-refractivity contribution in [2.75, 3.05) is 0 Å². The van der Waals surface area contributed by atoms with Crippen LogP contribution in [0.3, 0.4) is 0 Å². The molecular formula is C12H17N3S2. The number of aromatic nitrogens is 1. The fourth-order valence-corrected chi connectivity index (χ4v) is 3.14. The van der Waals surface area contributed by atoms with E-state index < -0.39 is 0 Å². The fraction of sp³-hybridized carbons (Fsp3) is 0.417. The second kappa shape index (κ2) is 5.73. The summed E-state index contributed by atoms with van der Waals surface area (Å²) in [4.78, 5) is 4.48. The van der Waals surface area contributed by atoms with Crippen molar-refractivity contribution >= 4 is 22.7 Å². The molecule has 0 amide bonds.